The monoisotopic (exact) mass is 322 g/mol. The summed E-state index contributed by atoms with van der Waals surface area (Å²) in [6.07, 6.45) is 8.13. The van der Waals surface area contributed by atoms with E-state index in [1.54, 1.807) is 0 Å². The number of aryl methyl sites for hydroxylation is 1. The Bertz CT molecular complexity index is 531. The second kappa shape index (κ2) is 7.86. The summed E-state index contributed by atoms with van der Waals surface area (Å²) in [7, 11) is 0. The summed E-state index contributed by atoms with van der Waals surface area (Å²) < 4.78 is 0. The predicted molar refractivity (Wildman–Crippen MR) is 90.5 cm³/mol. The number of hydrogen-bond acceptors (Lipinski definition) is 4. The van der Waals surface area contributed by atoms with E-state index in [-0.39, 0.29) is 17.6 Å². The minimum Gasteiger partial charge on any atom is -0.302 e. The summed E-state index contributed by atoms with van der Waals surface area (Å²) in [5.41, 5.74) is 0.705. The molecule has 0 unspecified atom stereocenters. The van der Waals surface area contributed by atoms with Crippen molar-refractivity contribution in [3.63, 3.8) is 0 Å². The maximum Gasteiger partial charge on any atom is 0.229 e. The third-order valence-electron chi connectivity index (χ3n) is 4.53. The molecule has 0 saturated heterocycles. The number of carbonyl (C=O) groups is 2. The molecule has 0 aliphatic heterocycles. The Kier molecular flexibility index (Phi) is 6.12. The van der Waals surface area contributed by atoms with Crippen LogP contribution in [0.1, 0.15) is 74.2 Å². The molecule has 0 bridgehead atoms. The maximum atomic E-state index is 12.3. The highest BCUT2D eigenvalue weighted by Crippen LogP contribution is 2.33. The highest BCUT2D eigenvalue weighted by molar-refractivity contribution is 7.17. The van der Waals surface area contributed by atoms with Crippen LogP contribution in [0.3, 0.4) is 0 Å². The van der Waals surface area contributed by atoms with Gasteiger partial charge in [0.1, 0.15) is 0 Å². The second-order valence-electron chi connectivity index (χ2n) is 6.34. The summed E-state index contributed by atoms with van der Waals surface area (Å²) in [4.78, 5) is 28.7. The van der Waals surface area contributed by atoms with Crippen molar-refractivity contribution in [2.45, 2.75) is 65.7 Å². The molecular weight excluding hydrogens is 296 g/mol. The molecule has 1 N–H and O–H groups in total. The molecule has 1 amide bonds. The van der Waals surface area contributed by atoms with Crippen LogP contribution >= 0.6 is 11.3 Å². The first-order chi connectivity index (χ1) is 10.5. The fourth-order valence-corrected chi connectivity index (χ4v) is 4.05. The van der Waals surface area contributed by atoms with Crippen molar-refractivity contribution in [3.8, 4) is 0 Å². The van der Waals surface area contributed by atoms with E-state index in [0.717, 1.165) is 31.6 Å². The zero-order valence-corrected chi connectivity index (χ0v) is 14.6. The number of hydrogen-bond donors (Lipinski definition) is 1. The van der Waals surface area contributed by atoms with Crippen molar-refractivity contribution >= 4 is 28.2 Å². The van der Waals surface area contributed by atoms with Gasteiger partial charge in [-0.1, -0.05) is 37.5 Å². The highest BCUT2D eigenvalue weighted by atomic mass is 32.1. The molecule has 1 aliphatic carbocycles. The quantitative estimate of drug-likeness (QED) is 0.779. The van der Waals surface area contributed by atoms with E-state index in [9.17, 15) is 9.59 Å². The molecule has 122 valence electrons. The summed E-state index contributed by atoms with van der Waals surface area (Å²) in [5.74, 6) is 0.975. The van der Waals surface area contributed by atoms with Crippen molar-refractivity contribution in [3.05, 3.63) is 10.6 Å². The van der Waals surface area contributed by atoms with Gasteiger partial charge in [-0.25, -0.2) is 4.98 Å². The molecule has 0 radical (unpaired) electrons. The maximum absolute atomic E-state index is 12.3. The number of unbranched alkanes of at least 4 members (excludes halogenated alkanes) is 1. The van der Waals surface area contributed by atoms with Gasteiger partial charge in [0.05, 0.1) is 10.6 Å². The SMILES string of the molecule is CCCCC1CCC(C(=O)Nc2nc(C)c(C(C)=O)s2)CC1. The largest absolute Gasteiger partial charge is 0.302 e. The Balaban J connectivity index is 1.86. The fraction of sp³-hybridized carbons (Fsp3) is 0.706. The number of aromatic nitrogens is 1. The van der Waals surface area contributed by atoms with E-state index in [4.69, 9.17) is 0 Å². The summed E-state index contributed by atoms with van der Waals surface area (Å²) >= 11 is 1.28. The van der Waals surface area contributed by atoms with E-state index in [0.29, 0.717) is 15.7 Å². The zero-order valence-electron chi connectivity index (χ0n) is 13.8. The molecule has 1 aromatic heterocycles. The molecule has 22 heavy (non-hydrogen) atoms. The van der Waals surface area contributed by atoms with Gasteiger partial charge in [-0.2, -0.15) is 0 Å². The lowest BCUT2D eigenvalue weighted by Gasteiger charge is -2.27. The molecule has 1 aliphatic rings. The van der Waals surface area contributed by atoms with Crippen LogP contribution in [0.2, 0.25) is 0 Å². The smallest absolute Gasteiger partial charge is 0.229 e. The van der Waals surface area contributed by atoms with Crippen molar-refractivity contribution in [2.24, 2.45) is 11.8 Å². The van der Waals surface area contributed by atoms with E-state index in [1.807, 2.05) is 6.92 Å². The number of nitrogens with zero attached hydrogens (tertiary/aromatic N) is 1. The molecule has 1 heterocycles. The van der Waals surface area contributed by atoms with Gasteiger partial charge >= 0.3 is 0 Å². The van der Waals surface area contributed by atoms with Crippen LogP contribution in [0.4, 0.5) is 5.13 Å². The third kappa shape index (κ3) is 4.38. The van der Waals surface area contributed by atoms with Gasteiger partial charge in [0.25, 0.3) is 0 Å². The van der Waals surface area contributed by atoms with Crippen molar-refractivity contribution < 1.29 is 9.59 Å². The van der Waals surface area contributed by atoms with Crippen LogP contribution in [-0.2, 0) is 4.79 Å². The van der Waals surface area contributed by atoms with Crippen LogP contribution in [0.5, 0.6) is 0 Å². The Morgan fingerprint density at radius 3 is 2.50 bits per heavy atom. The third-order valence-corrected chi connectivity index (χ3v) is 5.70. The molecule has 5 heteroatoms. The molecule has 1 saturated carbocycles. The van der Waals surface area contributed by atoms with Gasteiger partial charge in [-0.05, 0) is 38.5 Å². The number of nitrogens with one attached hydrogen (secondary N) is 1. The predicted octanol–water partition coefficient (Wildman–Crippen LogP) is 4.59. The number of carbonyl (C=O) groups excluding carboxylic acids is 2. The van der Waals surface area contributed by atoms with Crippen LogP contribution in [0.25, 0.3) is 0 Å². The summed E-state index contributed by atoms with van der Waals surface area (Å²) in [5, 5.41) is 3.46. The minimum atomic E-state index is 0.00642. The second-order valence-corrected chi connectivity index (χ2v) is 7.34. The van der Waals surface area contributed by atoms with Crippen LogP contribution in [0.15, 0.2) is 0 Å². The number of thiazole rings is 1. The van der Waals surface area contributed by atoms with Crippen molar-refractivity contribution in [2.75, 3.05) is 5.32 Å². The van der Waals surface area contributed by atoms with Gasteiger partial charge in [-0.15, -0.1) is 0 Å². The van der Waals surface area contributed by atoms with E-state index < -0.39 is 0 Å². The first kappa shape index (κ1) is 17.1. The average Bonchev–Trinajstić information content (AvgIpc) is 2.86. The first-order valence-electron chi connectivity index (χ1n) is 8.30. The van der Waals surface area contributed by atoms with E-state index in [2.05, 4.69) is 17.2 Å². The van der Waals surface area contributed by atoms with Crippen molar-refractivity contribution in [1.29, 1.82) is 0 Å². The van der Waals surface area contributed by atoms with Gasteiger partial charge in [-0.3, -0.25) is 9.59 Å². The lowest BCUT2D eigenvalue weighted by molar-refractivity contribution is -0.121. The molecule has 0 atom stereocenters. The average molecular weight is 322 g/mol. The van der Waals surface area contributed by atoms with Crippen LogP contribution < -0.4 is 5.32 Å². The molecular formula is C17H26N2O2S. The lowest BCUT2D eigenvalue weighted by Crippen LogP contribution is -2.27. The number of anilines is 1. The van der Waals surface area contributed by atoms with Crippen molar-refractivity contribution in [1.82, 2.24) is 4.98 Å². The van der Waals surface area contributed by atoms with Gasteiger partial charge in [0, 0.05) is 12.8 Å². The topological polar surface area (TPSA) is 59.1 Å². The van der Waals surface area contributed by atoms with Crippen LogP contribution in [0, 0.1) is 18.8 Å². The standard InChI is InChI=1S/C17H26N2O2S/c1-4-5-6-13-7-9-14(10-8-13)16(21)19-17-18-11(2)15(22-17)12(3)20/h13-14H,4-10H2,1-3H3,(H,18,19,21). The summed E-state index contributed by atoms with van der Waals surface area (Å²) in [6, 6.07) is 0. The van der Waals surface area contributed by atoms with Gasteiger partial charge in [0.2, 0.25) is 5.91 Å². The summed E-state index contributed by atoms with van der Waals surface area (Å²) in [6.45, 7) is 5.57. The number of amides is 1. The first-order valence-corrected chi connectivity index (χ1v) is 9.12. The molecule has 2 rings (SSSR count). The van der Waals surface area contributed by atoms with Gasteiger partial charge in [0.15, 0.2) is 10.9 Å². The highest BCUT2D eigenvalue weighted by Gasteiger charge is 2.26. The zero-order chi connectivity index (χ0) is 16.1. The van der Waals surface area contributed by atoms with Gasteiger partial charge < -0.3 is 5.32 Å². The lowest BCUT2D eigenvalue weighted by atomic mass is 9.79. The number of rotatable bonds is 6. The fourth-order valence-electron chi connectivity index (χ4n) is 3.19. The number of Topliss-reactive ketones (excluding diaryl/α,β-unsaturated/α-hetero) is 1. The Morgan fingerprint density at radius 2 is 1.95 bits per heavy atom. The Labute approximate surface area is 136 Å². The molecule has 0 spiro atoms. The molecule has 1 fully saturated rings. The normalized spacial score (nSPS) is 21.6. The number of ketones is 1. The van der Waals surface area contributed by atoms with E-state index >= 15 is 0 Å². The van der Waals surface area contributed by atoms with Crippen LogP contribution in [-0.4, -0.2) is 16.7 Å². The molecule has 0 aromatic carbocycles. The molecule has 4 nitrogen and oxygen atoms in total. The Hall–Kier alpha value is -1.23. The Morgan fingerprint density at radius 1 is 1.27 bits per heavy atom. The molecule has 1 aromatic rings. The van der Waals surface area contributed by atoms with E-state index in [1.165, 1.54) is 37.5 Å². The minimum absolute atomic E-state index is 0.00642.